The number of benzene rings is 2. The van der Waals surface area contributed by atoms with Crippen LogP contribution in [0.3, 0.4) is 0 Å². The fourth-order valence-corrected chi connectivity index (χ4v) is 2.70. The summed E-state index contributed by atoms with van der Waals surface area (Å²) in [4.78, 5) is 18.6. The molecule has 0 aliphatic carbocycles. The second-order valence-electron chi connectivity index (χ2n) is 5.46. The van der Waals surface area contributed by atoms with E-state index >= 15 is 0 Å². The molecule has 1 aliphatic rings. The Labute approximate surface area is 124 Å². The van der Waals surface area contributed by atoms with Crippen molar-refractivity contribution < 1.29 is 4.79 Å². The molecule has 2 aromatic rings. The molecular formula is C18H18N2O. The van der Waals surface area contributed by atoms with Crippen molar-refractivity contribution in [3.05, 3.63) is 64.7 Å². The Bertz CT molecular complexity index is 726. The molecule has 1 amide bonds. The minimum Gasteiger partial charge on any atom is -0.299 e. The molecule has 21 heavy (non-hydrogen) atoms. The molecular weight excluding hydrogens is 260 g/mol. The third-order valence-corrected chi connectivity index (χ3v) is 3.95. The normalized spacial score (nSPS) is 16.2. The average molecular weight is 278 g/mol. The second-order valence-corrected chi connectivity index (χ2v) is 5.46. The lowest BCUT2D eigenvalue weighted by Gasteiger charge is -2.27. The molecule has 0 N–H and O–H groups in total. The summed E-state index contributed by atoms with van der Waals surface area (Å²) >= 11 is 0. The van der Waals surface area contributed by atoms with E-state index in [-0.39, 0.29) is 5.91 Å². The molecule has 0 saturated carbocycles. The van der Waals surface area contributed by atoms with Gasteiger partial charge in [-0.1, -0.05) is 42.5 Å². The third kappa shape index (κ3) is 2.35. The van der Waals surface area contributed by atoms with Crippen molar-refractivity contribution in [2.24, 2.45) is 4.99 Å². The predicted molar refractivity (Wildman–Crippen MR) is 85.0 cm³/mol. The zero-order valence-electron chi connectivity index (χ0n) is 12.6. The van der Waals surface area contributed by atoms with E-state index in [4.69, 9.17) is 4.99 Å². The van der Waals surface area contributed by atoms with Gasteiger partial charge in [-0.3, -0.25) is 9.69 Å². The Balaban J connectivity index is 2.21. The number of fused-ring (bicyclic) bond motifs is 1. The quantitative estimate of drug-likeness (QED) is 0.787. The van der Waals surface area contributed by atoms with Crippen molar-refractivity contribution in [3.8, 4) is 0 Å². The molecule has 3 rings (SSSR count). The van der Waals surface area contributed by atoms with Crippen LogP contribution in [0.15, 0.2) is 47.5 Å². The van der Waals surface area contributed by atoms with Crippen molar-refractivity contribution >= 4 is 17.4 Å². The topological polar surface area (TPSA) is 32.7 Å². The van der Waals surface area contributed by atoms with Gasteiger partial charge < -0.3 is 0 Å². The molecule has 106 valence electrons. The number of aliphatic imine (C=N–C) groups is 1. The van der Waals surface area contributed by atoms with Gasteiger partial charge in [-0.15, -0.1) is 0 Å². The van der Waals surface area contributed by atoms with Crippen LogP contribution in [0.4, 0.5) is 5.69 Å². The number of carbonyl (C=O) groups excluding carboxylic acids is 1. The lowest BCUT2D eigenvalue weighted by molar-refractivity contribution is -0.126. The van der Waals surface area contributed by atoms with E-state index in [1.807, 2.05) is 56.3 Å². The first-order chi connectivity index (χ1) is 10.1. The van der Waals surface area contributed by atoms with E-state index in [2.05, 4.69) is 0 Å². The zero-order chi connectivity index (χ0) is 15.0. The van der Waals surface area contributed by atoms with Gasteiger partial charge in [-0.25, -0.2) is 4.99 Å². The maximum absolute atomic E-state index is 12.2. The monoisotopic (exact) mass is 278 g/mol. The van der Waals surface area contributed by atoms with Crippen LogP contribution in [-0.4, -0.2) is 23.7 Å². The van der Waals surface area contributed by atoms with Crippen LogP contribution in [0.25, 0.3) is 0 Å². The fourth-order valence-electron chi connectivity index (χ4n) is 2.70. The largest absolute Gasteiger partial charge is 0.299 e. The molecule has 0 radical (unpaired) electrons. The number of amidine groups is 1. The van der Waals surface area contributed by atoms with Gasteiger partial charge >= 0.3 is 0 Å². The summed E-state index contributed by atoms with van der Waals surface area (Å²) in [6, 6.07) is 14.1. The molecule has 0 atom stereocenters. The van der Waals surface area contributed by atoms with Gasteiger partial charge in [0.2, 0.25) is 5.91 Å². The lowest BCUT2D eigenvalue weighted by Crippen LogP contribution is -2.39. The standard InChI is InChI=1S/C18H18N2O/c1-12-7-6-8-13(2)17(12)19-18-15-10-5-4-9-14(15)11-16(21)20(18)3/h4-10H,11H2,1-3H3. The number of hydrogen-bond acceptors (Lipinski definition) is 2. The van der Waals surface area contributed by atoms with Gasteiger partial charge in [0.25, 0.3) is 0 Å². The molecule has 0 fully saturated rings. The molecule has 1 aliphatic heterocycles. The average Bonchev–Trinajstić information content (AvgIpc) is 2.46. The molecule has 0 aromatic heterocycles. The van der Waals surface area contributed by atoms with E-state index in [9.17, 15) is 4.79 Å². The highest BCUT2D eigenvalue weighted by molar-refractivity contribution is 6.13. The highest BCUT2D eigenvalue weighted by Crippen LogP contribution is 2.27. The number of aryl methyl sites for hydroxylation is 2. The van der Waals surface area contributed by atoms with Crippen LogP contribution in [0.2, 0.25) is 0 Å². The summed E-state index contributed by atoms with van der Waals surface area (Å²) in [7, 11) is 1.80. The second kappa shape index (κ2) is 5.17. The summed E-state index contributed by atoms with van der Waals surface area (Å²) in [5, 5.41) is 0. The molecule has 2 aromatic carbocycles. The van der Waals surface area contributed by atoms with E-state index in [1.54, 1.807) is 11.9 Å². The van der Waals surface area contributed by atoms with Gasteiger partial charge in [0.15, 0.2) is 0 Å². The maximum atomic E-state index is 12.2. The summed E-state index contributed by atoms with van der Waals surface area (Å²) in [5.41, 5.74) is 5.27. The predicted octanol–water partition coefficient (Wildman–Crippen LogP) is 3.40. The van der Waals surface area contributed by atoms with Crippen LogP contribution in [0.1, 0.15) is 22.3 Å². The van der Waals surface area contributed by atoms with Crippen molar-refractivity contribution in [1.82, 2.24) is 4.90 Å². The van der Waals surface area contributed by atoms with Crippen molar-refractivity contribution in [2.75, 3.05) is 7.05 Å². The van der Waals surface area contributed by atoms with Crippen LogP contribution in [-0.2, 0) is 11.2 Å². The van der Waals surface area contributed by atoms with Crippen molar-refractivity contribution in [1.29, 1.82) is 0 Å². The first-order valence-electron chi connectivity index (χ1n) is 7.07. The zero-order valence-corrected chi connectivity index (χ0v) is 12.6. The first-order valence-corrected chi connectivity index (χ1v) is 7.07. The lowest BCUT2D eigenvalue weighted by atomic mass is 9.98. The van der Waals surface area contributed by atoms with Crippen molar-refractivity contribution in [2.45, 2.75) is 20.3 Å². The molecule has 0 spiro atoms. The highest BCUT2D eigenvalue weighted by Gasteiger charge is 2.26. The van der Waals surface area contributed by atoms with Crippen molar-refractivity contribution in [3.63, 3.8) is 0 Å². The molecule has 3 heteroatoms. The fraction of sp³-hybridized carbons (Fsp3) is 0.222. The highest BCUT2D eigenvalue weighted by atomic mass is 16.2. The van der Waals surface area contributed by atoms with Gasteiger partial charge in [0.1, 0.15) is 5.84 Å². The Morgan fingerprint density at radius 1 is 1.00 bits per heavy atom. The summed E-state index contributed by atoms with van der Waals surface area (Å²) < 4.78 is 0. The van der Waals surface area contributed by atoms with Gasteiger partial charge in [-0.2, -0.15) is 0 Å². The van der Waals surface area contributed by atoms with E-state index in [0.29, 0.717) is 6.42 Å². The summed E-state index contributed by atoms with van der Waals surface area (Å²) in [6.07, 6.45) is 0.443. The van der Waals surface area contributed by atoms with Crippen LogP contribution >= 0.6 is 0 Å². The third-order valence-electron chi connectivity index (χ3n) is 3.95. The molecule has 0 bridgehead atoms. The smallest absolute Gasteiger partial charge is 0.232 e. The van der Waals surface area contributed by atoms with Crippen LogP contribution in [0.5, 0.6) is 0 Å². The first kappa shape index (κ1) is 13.6. The minimum absolute atomic E-state index is 0.0821. The number of carbonyl (C=O) groups is 1. The summed E-state index contributed by atoms with van der Waals surface area (Å²) in [6.45, 7) is 4.09. The van der Waals surface area contributed by atoms with E-state index < -0.39 is 0 Å². The maximum Gasteiger partial charge on any atom is 0.232 e. The van der Waals surface area contributed by atoms with E-state index in [1.165, 1.54) is 0 Å². The number of rotatable bonds is 1. The molecule has 0 saturated heterocycles. The Hall–Kier alpha value is -2.42. The summed E-state index contributed by atoms with van der Waals surface area (Å²) in [5.74, 6) is 0.818. The minimum atomic E-state index is 0.0821. The Morgan fingerprint density at radius 2 is 1.67 bits per heavy atom. The SMILES string of the molecule is Cc1cccc(C)c1N=C1c2ccccc2CC(=O)N1C. The number of likely N-dealkylation sites (N-methyl/N-ethyl adjacent to an activating group) is 1. The number of nitrogens with zero attached hydrogens (tertiary/aromatic N) is 2. The van der Waals surface area contributed by atoms with Gasteiger partial charge in [-0.05, 0) is 30.5 Å². The van der Waals surface area contributed by atoms with Gasteiger partial charge in [0, 0.05) is 12.6 Å². The Kier molecular flexibility index (Phi) is 3.34. The van der Waals surface area contributed by atoms with E-state index in [0.717, 1.165) is 33.8 Å². The van der Waals surface area contributed by atoms with Crippen LogP contribution in [0, 0.1) is 13.8 Å². The molecule has 1 heterocycles. The Morgan fingerprint density at radius 3 is 2.38 bits per heavy atom. The molecule has 0 unspecified atom stereocenters. The molecule has 3 nitrogen and oxygen atoms in total. The van der Waals surface area contributed by atoms with Crippen LogP contribution < -0.4 is 0 Å². The number of para-hydroxylation sites is 1. The number of amides is 1. The number of hydrogen-bond donors (Lipinski definition) is 0. The van der Waals surface area contributed by atoms with Gasteiger partial charge in [0.05, 0.1) is 12.1 Å².